The zero-order chi connectivity index (χ0) is 17.6. The van der Waals surface area contributed by atoms with E-state index >= 15 is 0 Å². The fraction of sp³-hybridized carbons (Fsp3) is 0.615. The molecule has 1 radical (unpaired) electrons. The highest BCUT2D eigenvalue weighted by atomic mass is 16.6. The van der Waals surface area contributed by atoms with Gasteiger partial charge in [0.05, 0.1) is 0 Å². The number of hydrogen-bond donors (Lipinski definition) is 2. The maximum atomic E-state index is 11.7. The third-order valence-corrected chi connectivity index (χ3v) is 2.51. The first-order valence-corrected chi connectivity index (χ1v) is 6.88. The lowest BCUT2D eigenvalue weighted by molar-refractivity contribution is -0.122. The average Bonchev–Trinajstić information content (AvgIpc) is 2.41. The number of carbonyl (C=O) groups is 2. The molecule has 23 heavy (non-hydrogen) atoms. The van der Waals surface area contributed by atoms with Gasteiger partial charge in [-0.25, -0.2) is 9.89 Å². The van der Waals surface area contributed by atoms with Gasteiger partial charge in [0.1, 0.15) is 12.1 Å². The summed E-state index contributed by atoms with van der Waals surface area (Å²) in [6.07, 6.45) is 1.68. The van der Waals surface area contributed by atoms with Gasteiger partial charge in [-0.2, -0.15) is 5.10 Å². The molecule has 10 heteroatoms. The average molecular weight is 326 g/mol. The topological polar surface area (TPSA) is 126 Å². The molecule has 0 saturated heterocycles. The lowest BCUT2D eigenvalue weighted by Crippen LogP contribution is -2.43. The molecule has 1 heterocycles. The first-order valence-electron chi connectivity index (χ1n) is 6.88. The number of hydrogen-bond acceptors (Lipinski definition) is 6. The number of ether oxygens (including phenoxy) is 1. The quantitative estimate of drug-likeness (QED) is 0.649. The van der Waals surface area contributed by atoms with Crippen LogP contribution < -0.4 is 16.4 Å². The molecular formula is C13H20N5O5. The maximum Gasteiger partial charge on any atom is 0.410 e. The van der Waals surface area contributed by atoms with Crippen molar-refractivity contribution in [1.29, 1.82) is 0 Å². The Kier molecular flexibility index (Phi) is 6.05. The van der Waals surface area contributed by atoms with Crippen LogP contribution in [0.2, 0.25) is 0 Å². The molecule has 2 amide bonds. The van der Waals surface area contributed by atoms with Crippen LogP contribution in [0.3, 0.4) is 0 Å². The molecule has 0 spiro atoms. The second-order valence-corrected chi connectivity index (χ2v) is 5.80. The van der Waals surface area contributed by atoms with Crippen LogP contribution in [0.25, 0.3) is 0 Å². The third kappa shape index (κ3) is 6.32. The fourth-order valence-electron chi connectivity index (χ4n) is 1.49. The molecule has 0 atom stereocenters. The van der Waals surface area contributed by atoms with E-state index in [4.69, 9.17) is 4.74 Å². The van der Waals surface area contributed by atoms with E-state index in [9.17, 15) is 19.2 Å². The van der Waals surface area contributed by atoms with Gasteiger partial charge >= 0.3 is 17.2 Å². The monoisotopic (exact) mass is 326 g/mol. The van der Waals surface area contributed by atoms with Gasteiger partial charge in [-0.05, 0) is 20.8 Å². The largest absolute Gasteiger partial charge is 0.444 e. The van der Waals surface area contributed by atoms with Crippen molar-refractivity contribution in [3.8, 4) is 0 Å². The molecule has 2 N–H and O–H groups in total. The Morgan fingerprint density at radius 2 is 2.04 bits per heavy atom. The molecule has 0 aliphatic carbocycles. The van der Waals surface area contributed by atoms with Crippen LogP contribution in [0.4, 0.5) is 4.79 Å². The predicted molar refractivity (Wildman–Crippen MR) is 79.8 cm³/mol. The molecule has 1 aromatic heterocycles. The number of aromatic amines is 1. The van der Waals surface area contributed by atoms with Crippen LogP contribution in [0.15, 0.2) is 9.59 Å². The van der Waals surface area contributed by atoms with Gasteiger partial charge in [-0.1, -0.05) is 0 Å². The number of H-pyrrole nitrogens is 1. The summed E-state index contributed by atoms with van der Waals surface area (Å²) in [6.45, 7) is 5.11. The summed E-state index contributed by atoms with van der Waals surface area (Å²) < 4.78 is 6.07. The molecule has 10 nitrogen and oxygen atoms in total. The van der Waals surface area contributed by atoms with E-state index in [1.54, 1.807) is 20.8 Å². The van der Waals surface area contributed by atoms with Crippen molar-refractivity contribution in [3.63, 3.8) is 0 Å². The molecule has 1 rings (SSSR count). The van der Waals surface area contributed by atoms with E-state index < -0.39 is 28.7 Å². The van der Waals surface area contributed by atoms with Gasteiger partial charge < -0.3 is 15.0 Å². The van der Waals surface area contributed by atoms with Crippen LogP contribution in [0, 0.1) is 6.33 Å². The molecule has 127 valence electrons. The Hall–Kier alpha value is -2.65. The van der Waals surface area contributed by atoms with Crippen LogP contribution in [0.5, 0.6) is 0 Å². The molecular weight excluding hydrogens is 306 g/mol. The lowest BCUT2D eigenvalue weighted by Gasteiger charge is -2.24. The van der Waals surface area contributed by atoms with Crippen molar-refractivity contribution in [2.75, 3.05) is 20.1 Å². The Balaban J connectivity index is 2.43. The SMILES string of the molecule is CN(CC(=O)NCCn1[c]n[nH]c(=O)c1=O)C(=O)OC(C)(C)C. The normalized spacial score (nSPS) is 11.0. The van der Waals surface area contributed by atoms with Crippen LogP contribution in [0.1, 0.15) is 20.8 Å². The maximum absolute atomic E-state index is 11.7. The highest BCUT2D eigenvalue weighted by Gasteiger charge is 2.20. The molecule has 0 fully saturated rings. The molecule has 0 aromatic carbocycles. The number of nitrogens with zero attached hydrogens (tertiary/aromatic N) is 3. The fourth-order valence-corrected chi connectivity index (χ4v) is 1.49. The van der Waals surface area contributed by atoms with E-state index in [-0.39, 0.29) is 19.6 Å². The van der Waals surface area contributed by atoms with Crippen LogP contribution in [-0.2, 0) is 16.1 Å². The summed E-state index contributed by atoms with van der Waals surface area (Å²) in [4.78, 5) is 47.0. The summed E-state index contributed by atoms with van der Waals surface area (Å²) in [7, 11) is 1.44. The summed E-state index contributed by atoms with van der Waals surface area (Å²) in [5, 5.41) is 7.84. The Labute approximate surface area is 132 Å². The third-order valence-electron chi connectivity index (χ3n) is 2.51. The van der Waals surface area contributed by atoms with E-state index in [1.165, 1.54) is 7.05 Å². The van der Waals surface area contributed by atoms with Crippen molar-refractivity contribution in [3.05, 3.63) is 27.0 Å². The van der Waals surface area contributed by atoms with Gasteiger partial charge in [0, 0.05) is 20.1 Å². The minimum absolute atomic E-state index is 0.0393. The van der Waals surface area contributed by atoms with Crippen molar-refractivity contribution >= 4 is 12.0 Å². The smallest absolute Gasteiger partial charge is 0.410 e. The highest BCUT2D eigenvalue weighted by Crippen LogP contribution is 2.08. The first-order chi connectivity index (χ1) is 10.6. The standard InChI is InChI=1S/C13H20N5O5/c1-13(2,3)23-12(22)17(4)7-9(19)14-5-6-18-8-15-16-10(20)11(18)21/h5-7H2,1-4H3,(H,14,19)(H,16,20). The Morgan fingerprint density at radius 3 is 2.65 bits per heavy atom. The van der Waals surface area contributed by atoms with Gasteiger partial charge in [-0.3, -0.25) is 19.0 Å². The minimum atomic E-state index is -0.861. The second kappa shape index (κ2) is 7.56. The van der Waals surface area contributed by atoms with E-state index in [2.05, 4.69) is 16.7 Å². The van der Waals surface area contributed by atoms with Crippen LogP contribution in [-0.4, -0.2) is 57.4 Å². The van der Waals surface area contributed by atoms with Gasteiger partial charge in [-0.15, -0.1) is 0 Å². The molecule has 0 unspecified atom stereocenters. The van der Waals surface area contributed by atoms with Gasteiger partial charge in [0.2, 0.25) is 12.2 Å². The van der Waals surface area contributed by atoms with Crippen molar-refractivity contribution in [1.82, 2.24) is 25.0 Å². The zero-order valence-electron chi connectivity index (χ0n) is 13.5. The van der Waals surface area contributed by atoms with E-state index in [1.807, 2.05) is 5.10 Å². The number of nitrogens with one attached hydrogen (secondary N) is 2. The van der Waals surface area contributed by atoms with Crippen molar-refractivity contribution in [2.45, 2.75) is 32.9 Å². The Bertz CT molecular complexity index is 672. The second-order valence-electron chi connectivity index (χ2n) is 5.80. The molecule has 0 bridgehead atoms. The number of rotatable bonds is 5. The molecule has 0 aliphatic heterocycles. The number of likely N-dealkylation sites (N-methyl/N-ethyl adjacent to an activating group) is 1. The number of amides is 2. The van der Waals surface area contributed by atoms with Crippen molar-refractivity contribution in [2.24, 2.45) is 0 Å². The van der Waals surface area contributed by atoms with Gasteiger partial charge in [0.25, 0.3) is 0 Å². The zero-order valence-corrected chi connectivity index (χ0v) is 13.5. The number of aromatic nitrogens is 3. The van der Waals surface area contributed by atoms with E-state index in [0.29, 0.717) is 0 Å². The lowest BCUT2D eigenvalue weighted by atomic mass is 10.2. The summed E-state index contributed by atoms with van der Waals surface area (Å²) in [5.74, 6) is -0.427. The predicted octanol–water partition coefficient (Wildman–Crippen LogP) is -1.29. The van der Waals surface area contributed by atoms with E-state index in [0.717, 1.165) is 9.47 Å². The van der Waals surface area contributed by atoms with Crippen LogP contribution >= 0.6 is 0 Å². The van der Waals surface area contributed by atoms with Crippen molar-refractivity contribution < 1.29 is 14.3 Å². The molecule has 1 aromatic rings. The molecule has 0 aliphatic rings. The Morgan fingerprint density at radius 1 is 1.39 bits per heavy atom. The first kappa shape index (κ1) is 18.4. The molecule has 0 saturated carbocycles. The minimum Gasteiger partial charge on any atom is -0.444 e. The van der Waals surface area contributed by atoms with Gasteiger partial charge in [0.15, 0.2) is 0 Å². The summed E-state index contributed by atoms with van der Waals surface area (Å²) >= 11 is 0. The summed E-state index contributed by atoms with van der Waals surface area (Å²) in [5.41, 5.74) is -2.31. The highest BCUT2D eigenvalue weighted by molar-refractivity contribution is 5.82. The summed E-state index contributed by atoms with van der Waals surface area (Å²) in [6, 6.07) is 0. The number of carbonyl (C=O) groups excluding carboxylic acids is 2.